The van der Waals surface area contributed by atoms with Gasteiger partial charge in [-0.15, -0.1) is 0 Å². The Labute approximate surface area is 113 Å². The number of imidazole rings is 1. The first kappa shape index (κ1) is 13.0. The maximum Gasteiger partial charge on any atom is 0.278 e. The Balaban J connectivity index is 2.40. The van der Waals surface area contributed by atoms with E-state index in [0.29, 0.717) is 16.3 Å². The average molecular weight is 280 g/mol. The molecule has 0 saturated carbocycles. The van der Waals surface area contributed by atoms with Gasteiger partial charge in [0.05, 0.1) is 28.6 Å². The molecule has 7 nitrogen and oxygen atoms in total. The number of nitrogens with two attached hydrogens (primary N) is 1. The fourth-order valence-electron chi connectivity index (χ4n) is 1.52. The Kier molecular flexibility index (Phi) is 3.48. The molecule has 0 unspecified atom stereocenters. The molecule has 0 bridgehead atoms. The van der Waals surface area contributed by atoms with E-state index in [-0.39, 0.29) is 11.6 Å². The number of aryl methyl sites for hydroxylation is 1. The number of rotatable bonds is 3. The zero-order chi connectivity index (χ0) is 14.0. The lowest BCUT2D eigenvalue weighted by Crippen LogP contribution is -1.99. The quantitative estimate of drug-likeness (QED) is 0.529. The van der Waals surface area contributed by atoms with Gasteiger partial charge >= 0.3 is 0 Å². The molecule has 0 saturated heterocycles. The Bertz CT molecular complexity index is 665. The number of nitro benzene ring substituents is 1. The van der Waals surface area contributed by atoms with Gasteiger partial charge in [-0.3, -0.25) is 10.1 Å². The maximum atomic E-state index is 10.9. The Hall–Kier alpha value is -2.41. The number of hydrogen-bond donors (Lipinski definition) is 1. The largest absolute Gasteiger partial charge is 0.368 e. The number of aromatic nitrogens is 2. The number of hydrogen-bond acceptors (Lipinski definition) is 5. The van der Waals surface area contributed by atoms with Crippen molar-refractivity contribution >= 4 is 29.5 Å². The van der Waals surface area contributed by atoms with E-state index in [0.717, 1.165) is 0 Å². The molecular weight excluding hydrogens is 270 g/mol. The average Bonchev–Trinajstić information content (AvgIpc) is 2.65. The Morgan fingerprint density at radius 3 is 2.89 bits per heavy atom. The van der Waals surface area contributed by atoms with Crippen molar-refractivity contribution in [3.05, 3.63) is 50.8 Å². The third-order valence-electron chi connectivity index (χ3n) is 2.34. The second kappa shape index (κ2) is 5.07. The third-order valence-corrected chi connectivity index (χ3v) is 2.58. The lowest BCUT2D eigenvalue weighted by molar-refractivity contribution is -0.385. The first-order valence-corrected chi connectivity index (χ1v) is 5.65. The fourth-order valence-corrected chi connectivity index (χ4v) is 1.70. The third kappa shape index (κ3) is 2.89. The van der Waals surface area contributed by atoms with E-state index in [1.807, 2.05) is 0 Å². The number of nitrogens with zero attached hydrogens (tertiary/aromatic N) is 4. The fraction of sp³-hybridized carbons (Fsp3) is 0.0909. The molecule has 19 heavy (non-hydrogen) atoms. The van der Waals surface area contributed by atoms with Crippen molar-refractivity contribution in [2.24, 2.45) is 5.10 Å². The lowest BCUT2D eigenvalue weighted by atomic mass is 10.2. The zero-order valence-electron chi connectivity index (χ0n) is 9.95. The summed E-state index contributed by atoms with van der Waals surface area (Å²) in [6, 6.07) is 4.24. The normalized spacial score (nSPS) is 11.1. The summed E-state index contributed by atoms with van der Waals surface area (Å²) in [5, 5.41) is 15.3. The first-order valence-electron chi connectivity index (χ1n) is 5.27. The topological polar surface area (TPSA) is 99.3 Å². The summed E-state index contributed by atoms with van der Waals surface area (Å²) < 4.78 is 1.33. The van der Waals surface area contributed by atoms with E-state index in [1.165, 1.54) is 29.1 Å². The van der Waals surface area contributed by atoms with Crippen LogP contribution in [0.15, 0.2) is 29.5 Å². The van der Waals surface area contributed by atoms with Crippen molar-refractivity contribution in [1.82, 2.24) is 9.66 Å². The Morgan fingerprint density at radius 2 is 2.32 bits per heavy atom. The van der Waals surface area contributed by atoms with Crippen molar-refractivity contribution in [3.63, 3.8) is 0 Å². The number of anilines is 1. The van der Waals surface area contributed by atoms with Crippen LogP contribution in [0.2, 0.25) is 5.02 Å². The van der Waals surface area contributed by atoms with Crippen LogP contribution in [0.5, 0.6) is 0 Å². The molecule has 0 aliphatic carbocycles. The standard InChI is InChI=1S/C11H10ClN5O2/c1-7-6-16(11(13)15-7)14-5-8-4-9(12)2-3-10(8)17(18)19/h2-6H,1H3,(H2,13,15). The maximum absolute atomic E-state index is 10.9. The second-order valence-corrected chi connectivity index (χ2v) is 4.23. The lowest BCUT2D eigenvalue weighted by Gasteiger charge is -1.98. The van der Waals surface area contributed by atoms with E-state index in [2.05, 4.69) is 10.1 Å². The molecule has 0 radical (unpaired) electrons. The Morgan fingerprint density at radius 1 is 1.58 bits per heavy atom. The number of nitro groups is 1. The summed E-state index contributed by atoms with van der Waals surface area (Å²) in [5.74, 6) is 0.207. The molecule has 0 aliphatic heterocycles. The molecule has 2 aromatic rings. The van der Waals surface area contributed by atoms with E-state index >= 15 is 0 Å². The minimum Gasteiger partial charge on any atom is -0.368 e. The highest BCUT2D eigenvalue weighted by Crippen LogP contribution is 2.21. The van der Waals surface area contributed by atoms with Gasteiger partial charge in [-0.25, -0.2) is 9.66 Å². The molecular formula is C11H10ClN5O2. The van der Waals surface area contributed by atoms with Gasteiger partial charge in [0.1, 0.15) is 0 Å². The van der Waals surface area contributed by atoms with E-state index in [1.54, 1.807) is 13.1 Å². The molecule has 8 heteroatoms. The zero-order valence-corrected chi connectivity index (χ0v) is 10.7. The molecule has 0 amide bonds. The summed E-state index contributed by atoms with van der Waals surface area (Å²) >= 11 is 5.81. The van der Waals surface area contributed by atoms with Crippen molar-refractivity contribution in [2.75, 3.05) is 5.73 Å². The van der Waals surface area contributed by atoms with Gasteiger partial charge in [-0.05, 0) is 19.1 Å². The highest BCUT2D eigenvalue weighted by Gasteiger charge is 2.12. The highest BCUT2D eigenvalue weighted by molar-refractivity contribution is 6.31. The highest BCUT2D eigenvalue weighted by atomic mass is 35.5. The molecule has 2 rings (SSSR count). The smallest absolute Gasteiger partial charge is 0.278 e. The molecule has 0 fully saturated rings. The van der Waals surface area contributed by atoms with E-state index in [4.69, 9.17) is 17.3 Å². The molecule has 1 aromatic carbocycles. The van der Waals surface area contributed by atoms with Crippen molar-refractivity contribution in [3.8, 4) is 0 Å². The first-order chi connectivity index (χ1) is 8.97. The minimum atomic E-state index is -0.500. The van der Waals surface area contributed by atoms with Gasteiger partial charge in [-0.1, -0.05) is 11.6 Å². The molecule has 2 N–H and O–H groups in total. The SMILES string of the molecule is Cc1cn(N=Cc2cc(Cl)ccc2[N+](=O)[O-])c(N)n1. The van der Waals surface area contributed by atoms with Crippen LogP contribution in [0.4, 0.5) is 11.6 Å². The van der Waals surface area contributed by atoms with Crippen LogP contribution in [0.25, 0.3) is 0 Å². The molecule has 1 heterocycles. The van der Waals surface area contributed by atoms with Gasteiger partial charge in [0.25, 0.3) is 5.69 Å². The predicted molar refractivity (Wildman–Crippen MR) is 72.5 cm³/mol. The predicted octanol–water partition coefficient (Wildman–Crippen LogP) is 2.22. The summed E-state index contributed by atoms with van der Waals surface area (Å²) in [7, 11) is 0. The van der Waals surface area contributed by atoms with Gasteiger partial charge < -0.3 is 5.73 Å². The van der Waals surface area contributed by atoms with Crippen LogP contribution in [0.1, 0.15) is 11.3 Å². The number of nitrogen functional groups attached to an aromatic ring is 1. The molecule has 1 aromatic heterocycles. The summed E-state index contributed by atoms with van der Waals surface area (Å²) in [5.41, 5.74) is 6.53. The van der Waals surface area contributed by atoms with Gasteiger partial charge in [0.15, 0.2) is 0 Å². The summed E-state index contributed by atoms with van der Waals surface area (Å²) in [6.07, 6.45) is 2.93. The van der Waals surface area contributed by atoms with Crippen LogP contribution >= 0.6 is 11.6 Å². The van der Waals surface area contributed by atoms with E-state index < -0.39 is 4.92 Å². The van der Waals surface area contributed by atoms with Gasteiger partial charge in [-0.2, -0.15) is 5.10 Å². The second-order valence-electron chi connectivity index (χ2n) is 3.79. The van der Waals surface area contributed by atoms with Crippen LogP contribution in [0, 0.1) is 17.0 Å². The van der Waals surface area contributed by atoms with E-state index in [9.17, 15) is 10.1 Å². The number of benzene rings is 1. The minimum absolute atomic E-state index is 0.0800. The summed E-state index contributed by atoms with van der Waals surface area (Å²) in [4.78, 5) is 14.3. The monoisotopic (exact) mass is 279 g/mol. The molecule has 0 aliphatic rings. The number of halogens is 1. The molecule has 98 valence electrons. The van der Waals surface area contributed by atoms with Crippen LogP contribution in [-0.2, 0) is 0 Å². The van der Waals surface area contributed by atoms with Crippen molar-refractivity contribution in [1.29, 1.82) is 0 Å². The van der Waals surface area contributed by atoms with Gasteiger partial charge in [0.2, 0.25) is 5.95 Å². The van der Waals surface area contributed by atoms with Crippen molar-refractivity contribution in [2.45, 2.75) is 6.92 Å². The van der Waals surface area contributed by atoms with Crippen LogP contribution in [0.3, 0.4) is 0 Å². The van der Waals surface area contributed by atoms with Crippen LogP contribution < -0.4 is 5.73 Å². The van der Waals surface area contributed by atoms with Crippen molar-refractivity contribution < 1.29 is 4.92 Å². The van der Waals surface area contributed by atoms with Gasteiger partial charge in [0, 0.05) is 11.1 Å². The molecule has 0 atom stereocenters. The van der Waals surface area contributed by atoms with Crippen LogP contribution in [-0.4, -0.2) is 20.8 Å². The molecule has 0 spiro atoms. The summed E-state index contributed by atoms with van der Waals surface area (Å²) in [6.45, 7) is 1.77.